The molecule has 0 aliphatic rings. The summed E-state index contributed by atoms with van der Waals surface area (Å²) in [5.74, 6) is 1.08. The molecule has 0 aliphatic heterocycles. The van der Waals surface area contributed by atoms with Crippen LogP contribution in [0.3, 0.4) is 0 Å². The van der Waals surface area contributed by atoms with Crippen molar-refractivity contribution in [1.82, 2.24) is 15.3 Å². The fourth-order valence-electron chi connectivity index (χ4n) is 2.12. The van der Waals surface area contributed by atoms with Crippen LogP contribution in [0.5, 0.6) is 0 Å². The van der Waals surface area contributed by atoms with E-state index < -0.39 is 0 Å². The predicted octanol–water partition coefficient (Wildman–Crippen LogP) is 2.91. The maximum atomic E-state index is 12.0. The summed E-state index contributed by atoms with van der Waals surface area (Å²) in [5.41, 5.74) is 1.66. The van der Waals surface area contributed by atoms with Crippen molar-refractivity contribution in [1.29, 1.82) is 0 Å². The molecule has 0 atom stereocenters. The van der Waals surface area contributed by atoms with Crippen LogP contribution in [0.15, 0.2) is 42.7 Å². The van der Waals surface area contributed by atoms with E-state index in [1.54, 1.807) is 6.07 Å². The molecule has 2 aromatic rings. The fraction of sp³-hybridized carbons (Fsp3) is 0.389. The molecule has 0 spiro atoms. The maximum absolute atomic E-state index is 12.0. The third kappa shape index (κ3) is 6.06. The van der Waals surface area contributed by atoms with Gasteiger partial charge in [0.05, 0.1) is 0 Å². The molecule has 1 amide bonds. The Hall–Kier alpha value is -2.43. The van der Waals surface area contributed by atoms with E-state index in [2.05, 4.69) is 46.6 Å². The lowest BCUT2D eigenvalue weighted by atomic mass is 10.1. The molecule has 2 rings (SSSR count). The van der Waals surface area contributed by atoms with E-state index in [9.17, 15) is 4.79 Å². The van der Waals surface area contributed by atoms with Gasteiger partial charge < -0.3 is 10.6 Å². The summed E-state index contributed by atoms with van der Waals surface area (Å²) in [6.45, 7) is 5.68. The Kier molecular flexibility index (Phi) is 6.54. The highest BCUT2D eigenvalue weighted by atomic mass is 16.1. The maximum Gasteiger partial charge on any atom is 0.270 e. The highest BCUT2D eigenvalue weighted by Gasteiger charge is 2.08. The molecule has 0 fully saturated rings. The van der Waals surface area contributed by atoms with Gasteiger partial charge in [0, 0.05) is 19.2 Å². The van der Waals surface area contributed by atoms with Crippen molar-refractivity contribution in [2.75, 3.05) is 18.4 Å². The lowest BCUT2D eigenvalue weighted by molar-refractivity contribution is 0.0947. The Morgan fingerprint density at radius 2 is 1.91 bits per heavy atom. The number of carbonyl (C=O) groups is 1. The number of rotatable bonds is 8. The van der Waals surface area contributed by atoms with Crippen LogP contribution in [0.2, 0.25) is 0 Å². The van der Waals surface area contributed by atoms with Crippen LogP contribution in [0, 0.1) is 5.92 Å². The quantitative estimate of drug-likeness (QED) is 0.786. The van der Waals surface area contributed by atoms with E-state index in [1.807, 2.05) is 18.2 Å². The summed E-state index contributed by atoms with van der Waals surface area (Å²) >= 11 is 0. The Bertz CT molecular complexity index is 613. The second-order valence-electron chi connectivity index (χ2n) is 5.89. The number of aromatic nitrogens is 2. The van der Waals surface area contributed by atoms with E-state index in [4.69, 9.17) is 0 Å². The van der Waals surface area contributed by atoms with Gasteiger partial charge in [0.25, 0.3) is 5.91 Å². The minimum absolute atomic E-state index is 0.154. The summed E-state index contributed by atoms with van der Waals surface area (Å²) in [5, 5.41) is 6.11. The fourth-order valence-corrected chi connectivity index (χ4v) is 2.12. The largest absolute Gasteiger partial charge is 0.370 e. The van der Waals surface area contributed by atoms with Gasteiger partial charge in [0.2, 0.25) is 0 Å². The second-order valence-corrected chi connectivity index (χ2v) is 5.89. The molecule has 0 unspecified atom stereocenters. The molecule has 0 radical (unpaired) electrons. The molecular weight excluding hydrogens is 288 g/mol. The van der Waals surface area contributed by atoms with Gasteiger partial charge in [-0.05, 0) is 24.3 Å². The number of nitrogens with zero attached hydrogens (tertiary/aromatic N) is 2. The molecule has 5 nitrogen and oxygen atoms in total. The highest BCUT2D eigenvalue weighted by molar-refractivity contribution is 5.92. The normalized spacial score (nSPS) is 10.6. The highest BCUT2D eigenvalue weighted by Crippen LogP contribution is 2.06. The lowest BCUT2D eigenvalue weighted by Crippen LogP contribution is -2.26. The van der Waals surface area contributed by atoms with Crippen molar-refractivity contribution in [3.8, 4) is 0 Å². The Balaban J connectivity index is 1.83. The molecule has 2 N–H and O–H groups in total. The van der Waals surface area contributed by atoms with Gasteiger partial charge in [-0.1, -0.05) is 44.2 Å². The van der Waals surface area contributed by atoms with Gasteiger partial charge >= 0.3 is 0 Å². The lowest BCUT2D eigenvalue weighted by Gasteiger charge is -2.08. The van der Waals surface area contributed by atoms with E-state index >= 15 is 0 Å². The van der Waals surface area contributed by atoms with Crippen LogP contribution in [-0.2, 0) is 6.42 Å². The molecule has 1 heterocycles. The minimum atomic E-state index is -0.154. The van der Waals surface area contributed by atoms with E-state index in [0.29, 0.717) is 24.0 Å². The van der Waals surface area contributed by atoms with E-state index in [0.717, 1.165) is 19.4 Å². The second kappa shape index (κ2) is 8.88. The molecular formula is C18H24N4O. The predicted molar refractivity (Wildman–Crippen MR) is 92.5 cm³/mol. The third-order valence-electron chi connectivity index (χ3n) is 3.47. The van der Waals surface area contributed by atoms with Gasteiger partial charge in [-0.3, -0.25) is 4.79 Å². The van der Waals surface area contributed by atoms with Crippen molar-refractivity contribution >= 4 is 11.7 Å². The number of amides is 1. The average molecular weight is 312 g/mol. The van der Waals surface area contributed by atoms with Crippen LogP contribution in [0.4, 0.5) is 5.82 Å². The van der Waals surface area contributed by atoms with Crippen LogP contribution in [-0.4, -0.2) is 29.0 Å². The number of carbonyl (C=O) groups excluding carboxylic acids is 1. The first-order chi connectivity index (χ1) is 11.1. The van der Waals surface area contributed by atoms with Gasteiger partial charge in [-0.15, -0.1) is 0 Å². The molecule has 0 saturated heterocycles. The van der Waals surface area contributed by atoms with Crippen LogP contribution < -0.4 is 10.6 Å². The average Bonchev–Trinajstić information content (AvgIpc) is 2.56. The molecule has 23 heavy (non-hydrogen) atoms. The van der Waals surface area contributed by atoms with E-state index in [-0.39, 0.29) is 5.91 Å². The number of hydrogen-bond donors (Lipinski definition) is 2. The molecule has 5 heteroatoms. The number of hydrogen-bond acceptors (Lipinski definition) is 4. The zero-order chi connectivity index (χ0) is 16.5. The first kappa shape index (κ1) is 16.9. The molecule has 122 valence electrons. The van der Waals surface area contributed by atoms with E-state index in [1.165, 1.54) is 11.9 Å². The zero-order valence-corrected chi connectivity index (χ0v) is 13.7. The molecule has 0 aliphatic carbocycles. The summed E-state index contributed by atoms with van der Waals surface area (Å²) in [6, 6.07) is 11.9. The summed E-state index contributed by atoms with van der Waals surface area (Å²) in [4.78, 5) is 20.2. The molecule has 1 aromatic heterocycles. The zero-order valence-electron chi connectivity index (χ0n) is 13.7. The summed E-state index contributed by atoms with van der Waals surface area (Å²) in [6.07, 6.45) is 3.28. The molecule has 0 bridgehead atoms. The van der Waals surface area contributed by atoms with Crippen LogP contribution in [0.25, 0.3) is 0 Å². The molecule has 0 saturated carbocycles. The first-order valence-electron chi connectivity index (χ1n) is 8.03. The van der Waals surface area contributed by atoms with Crippen LogP contribution in [0.1, 0.15) is 36.3 Å². The van der Waals surface area contributed by atoms with Gasteiger partial charge in [0.15, 0.2) is 0 Å². The van der Waals surface area contributed by atoms with Gasteiger partial charge in [-0.25, -0.2) is 9.97 Å². The standard InChI is InChI=1S/C18H24N4O/c1-14(2)8-10-20-18(23)16-12-17(22-13-21-16)19-11-9-15-6-4-3-5-7-15/h3-7,12-14H,8-11H2,1-2H3,(H,20,23)(H,19,21,22). The topological polar surface area (TPSA) is 66.9 Å². The van der Waals surface area contributed by atoms with Crippen molar-refractivity contribution in [2.45, 2.75) is 26.7 Å². The van der Waals surface area contributed by atoms with Crippen molar-refractivity contribution < 1.29 is 4.79 Å². The van der Waals surface area contributed by atoms with Gasteiger partial charge in [-0.2, -0.15) is 0 Å². The van der Waals surface area contributed by atoms with Crippen molar-refractivity contribution in [3.63, 3.8) is 0 Å². The van der Waals surface area contributed by atoms with Crippen molar-refractivity contribution in [2.24, 2.45) is 5.92 Å². The first-order valence-corrected chi connectivity index (χ1v) is 8.03. The summed E-state index contributed by atoms with van der Waals surface area (Å²) < 4.78 is 0. The Labute approximate surface area is 137 Å². The van der Waals surface area contributed by atoms with Crippen molar-refractivity contribution in [3.05, 3.63) is 54.0 Å². The molecule has 1 aromatic carbocycles. The number of benzene rings is 1. The SMILES string of the molecule is CC(C)CCNC(=O)c1cc(NCCc2ccccc2)ncn1. The Morgan fingerprint density at radius 3 is 2.65 bits per heavy atom. The minimum Gasteiger partial charge on any atom is -0.370 e. The Morgan fingerprint density at radius 1 is 1.13 bits per heavy atom. The monoisotopic (exact) mass is 312 g/mol. The number of nitrogens with one attached hydrogen (secondary N) is 2. The smallest absolute Gasteiger partial charge is 0.270 e. The van der Waals surface area contributed by atoms with Gasteiger partial charge in [0.1, 0.15) is 17.8 Å². The number of anilines is 1. The van der Waals surface area contributed by atoms with Crippen LogP contribution >= 0.6 is 0 Å². The summed E-state index contributed by atoms with van der Waals surface area (Å²) in [7, 11) is 0. The third-order valence-corrected chi connectivity index (χ3v) is 3.47.